The van der Waals surface area contributed by atoms with Gasteiger partial charge in [0.2, 0.25) is 21.8 Å². The number of nitrogens with zero attached hydrogens (tertiary/aromatic N) is 3. The van der Waals surface area contributed by atoms with Crippen LogP contribution in [0.3, 0.4) is 0 Å². The molecule has 178 valence electrons. The molecule has 1 saturated heterocycles. The molecule has 0 radical (unpaired) electrons. The Morgan fingerprint density at radius 1 is 1.12 bits per heavy atom. The molecule has 32 heavy (non-hydrogen) atoms. The van der Waals surface area contributed by atoms with Crippen LogP contribution in [0.4, 0.5) is 5.69 Å². The number of likely N-dealkylation sites (tertiary alicyclic amines) is 1. The molecule has 9 heteroatoms. The van der Waals surface area contributed by atoms with Crippen molar-refractivity contribution in [2.45, 2.75) is 56.7 Å². The van der Waals surface area contributed by atoms with E-state index in [2.05, 4.69) is 13.8 Å². The van der Waals surface area contributed by atoms with Gasteiger partial charge in [0.25, 0.3) is 0 Å². The first-order valence-electron chi connectivity index (χ1n) is 11.5. The number of sulfonamides is 1. The lowest BCUT2D eigenvalue weighted by Crippen LogP contribution is -2.49. The van der Waals surface area contributed by atoms with E-state index in [9.17, 15) is 18.0 Å². The molecule has 0 aliphatic carbocycles. The van der Waals surface area contributed by atoms with Gasteiger partial charge in [-0.3, -0.25) is 9.59 Å². The molecule has 7 nitrogen and oxygen atoms in total. The Kier molecular flexibility index (Phi) is 8.27. The summed E-state index contributed by atoms with van der Waals surface area (Å²) in [5.41, 5.74) is 0.520. The Hall–Kier alpha value is -1.58. The van der Waals surface area contributed by atoms with Gasteiger partial charge in [0, 0.05) is 31.1 Å². The van der Waals surface area contributed by atoms with Crippen molar-refractivity contribution in [1.29, 1.82) is 0 Å². The van der Waals surface area contributed by atoms with Gasteiger partial charge in [-0.25, -0.2) is 8.42 Å². The normalized spacial score (nSPS) is 21.7. The standard InChI is InChI=1S/C23H35N3O4S2/c1-5-9-25(10-6-2)32(29,30)19-7-8-21-20(12-19)26(23(28)16-31-21)15-22(27)24-13-17(3)11-18(4)14-24/h7-8,12,17-18H,5-6,9-11,13-16H2,1-4H3/t17-,18+. The molecule has 0 saturated carbocycles. The summed E-state index contributed by atoms with van der Waals surface area (Å²) in [7, 11) is -3.67. The number of anilines is 1. The van der Waals surface area contributed by atoms with E-state index < -0.39 is 10.0 Å². The van der Waals surface area contributed by atoms with Gasteiger partial charge < -0.3 is 9.80 Å². The highest BCUT2D eigenvalue weighted by atomic mass is 32.2. The summed E-state index contributed by atoms with van der Waals surface area (Å²) in [6, 6.07) is 4.95. The van der Waals surface area contributed by atoms with Crippen LogP contribution in [0.1, 0.15) is 47.0 Å². The molecule has 1 aromatic rings. The van der Waals surface area contributed by atoms with Gasteiger partial charge in [-0.05, 0) is 49.3 Å². The number of amides is 2. The third kappa shape index (κ3) is 5.48. The predicted octanol–water partition coefficient (Wildman–Crippen LogP) is 3.44. The van der Waals surface area contributed by atoms with Crippen LogP contribution in [-0.4, -0.2) is 67.9 Å². The Labute approximate surface area is 196 Å². The molecule has 0 unspecified atom stereocenters. The predicted molar refractivity (Wildman–Crippen MR) is 128 cm³/mol. The summed E-state index contributed by atoms with van der Waals surface area (Å²) in [6.45, 7) is 10.4. The number of thioether (sulfide) groups is 1. The third-order valence-corrected chi connectivity index (χ3v) is 8.91. The van der Waals surface area contributed by atoms with E-state index in [0.29, 0.717) is 43.7 Å². The minimum absolute atomic E-state index is 0.0526. The van der Waals surface area contributed by atoms with Crippen molar-refractivity contribution >= 4 is 39.3 Å². The van der Waals surface area contributed by atoms with Crippen molar-refractivity contribution in [3.63, 3.8) is 0 Å². The topological polar surface area (TPSA) is 78.0 Å². The molecule has 2 heterocycles. The van der Waals surface area contributed by atoms with Gasteiger partial charge in [0.05, 0.1) is 16.3 Å². The van der Waals surface area contributed by atoms with Crippen LogP contribution < -0.4 is 4.90 Å². The lowest BCUT2D eigenvalue weighted by atomic mass is 9.92. The Balaban J connectivity index is 1.89. The number of benzene rings is 1. The highest BCUT2D eigenvalue weighted by Gasteiger charge is 2.33. The summed E-state index contributed by atoms with van der Waals surface area (Å²) in [5.74, 6) is 0.866. The van der Waals surface area contributed by atoms with Gasteiger partial charge in [0.15, 0.2) is 0 Å². The highest BCUT2D eigenvalue weighted by Crippen LogP contribution is 2.37. The van der Waals surface area contributed by atoms with Crippen molar-refractivity contribution in [1.82, 2.24) is 9.21 Å². The summed E-state index contributed by atoms with van der Waals surface area (Å²) in [4.78, 5) is 30.2. The Morgan fingerprint density at radius 3 is 2.34 bits per heavy atom. The van der Waals surface area contributed by atoms with Crippen molar-refractivity contribution in [2.75, 3.05) is 43.4 Å². The minimum Gasteiger partial charge on any atom is -0.341 e. The number of carbonyl (C=O) groups excluding carboxylic acids is 2. The molecular weight excluding hydrogens is 446 g/mol. The zero-order chi connectivity index (χ0) is 23.5. The first kappa shape index (κ1) is 25.1. The zero-order valence-corrected chi connectivity index (χ0v) is 21.2. The van der Waals surface area contributed by atoms with Crippen molar-refractivity contribution in [3.8, 4) is 0 Å². The van der Waals surface area contributed by atoms with E-state index in [1.54, 1.807) is 18.2 Å². The summed E-state index contributed by atoms with van der Waals surface area (Å²) in [6.07, 6.45) is 2.55. The van der Waals surface area contributed by atoms with Gasteiger partial charge in [0.1, 0.15) is 6.54 Å². The maximum absolute atomic E-state index is 13.3. The van der Waals surface area contributed by atoms with E-state index in [1.807, 2.05) is 18.7 Å². The number of fused-ring (bicyclic) bond motifs is 1. The molecule has 1 aromatic carbocycles. The van der Waals surface area contributed by atoms with Crippen LogP contribution >= 0.6 is 11.8 Å². The first-order valence-corrected chi connectivity index (χ1v) is 13.9. The second-order valence-corrected chi connectivity index (χ2v) is 12.0. The van der Waals surface area contributed by atoms with Crippen molar-refractivity contribution < 1.29 is 18.0 Å². The number of hydrogen-bond acceptors (Lipinski definition) is 5. The fourth-order valence-electron chi connectivity index (χ4n) is 4.62. The second-order valence-electron chi connectivity index (χ2n) is 9.05. The monoisotopic (exact) mass is 481 g/mol. The van der Waals surface area contributed by atoms with Crippen LogP contribution in [0.15, 0.2) is 28.0 Å². The number of hydrogen-bond donors (Lipinski definition) is 0. The van der Waals surface area contributed by atoms with E-state index in [1.165, 1.54) is 21.0 Å². The quantitative estimate of drug-likeness (QED) is 0.568. The van der Waals surface area contributed by atoms with E-state index >= 15 is 0 Å². The van der Waals surface area contributed by atoms with E-state index in [0.717, 1.165) is 24.2 Å². The van der Waals surface area contributed by atoms with Crippen molar-refractivity contribution in [2.24, 2.45) is 11.8 Å². The number of carbonyl (C=O) groups is 2. The van der Waals surface area contributed by atoms with E-state index in [-0.39, 0.29) is 29.0 Å². The molecule has 2 amide bonds. The molecule has 2 atom stereocenters. The zero-order valence-electron chi connectivity index (χ0n) is 19.5. The fourth-order valence-corrected chi connectivity index (χ4v) is 7.18. The Morgan fingerprint density at radius 2 is 1.75 bits per heavy atom. The molecule has 1 fully saturated rings. The summed E-state index contributed by atoms with van der Waals surface area (Å²) >= 11 is 1.39. The van der Waals surface area contributed by atoms with Gasteiger partial charge >= 0.3 is 0 Å². The lowest BCUT2D eigenvalue weighted by molar-refractivity contribution is -0.133. The lowest BCUT2D eigenvalue weighted by Gasteiger charge is -2.37. The maximum Gasteiger partial charge on any atom is 0.243 e. The van der Waals surface area contributed by atoms with Crippen LogP contribution in [-0.2, 0) is 19.6 Å². The van der Waals surface area contributed by atoms with Gasteiger partial charge in [-0.2, -0.15) is 4.31 Å². The number of piperidine rings is 1. The van der Waals surface area contributed by atoms with Crippen LogP contribution in [0.5, 0.6) is 0 Å². The fraction of sp³-hybridized carbons (Fsp3) is 0.652. The van der Waals surface area contributed by atoms with Gasteiger partial charge in [-0.1, -0.05) is 27.7 Å². The largest absolute Gasteiger partial charge is 0.341 e. The molecular formula is C23H35N3O4S2. The average molecular weight is 482 g/mol. The smallest absolute Gasteiger partial charge is 0.243 e. The SMILES string of the molecule is CCCN(CCC)S(=O)(=O)c1ccc2c(c1)N(CC(=O)N1C[C@H](C)C[C@H](C)C1)C(=O)CS2. The third-order valence-electron chi connectivity index (χ3n) is 5.97. The molecule has 2 aliphatic rings. The molecule has 0 spiro atoms. The molecule has 3 rings (SSSR count). The first-order chi connectivity index (χ1) is 15.2. The minimum atomic E-state index is -3.67. The molecule has 0 bridgehead atoms. The summed E-state index contributed by atoms with van der Waals surface area (Å²) < 4.78 is 28.0. The second kappa shape index (κ2) is 10.6. The maximum atomic E-state index is 13.3. The Bertz CT molecular complexity index is 935. The van der Waals surface area contributed by atoms with Gasteiger partial charge in [-0.15, -0.1) is 11.8 Å². The van der Waals surface area contributed by atoms with Crippen molar-refractivity contribution in [3.05, 3.63) is 18.2 Å². The van der Waals surface area contributed by atoms with Crippen LogP contribution in [0.2, 0.25) is 0 Å². The molecule has 2 aliphatic heterocycles. The average Bonchev–Trinajstić information content (AvgIpc) is 2.74. The van der Waals surface area contributed by atoms with Crippen LogP contribution in [0.25, 0.3) is 0 Å². The summed E-state index contributed by atoms with van der Waals surface area (Å²) in [5, 5.41) is 0. The highest BCUT2D eigenvalue weighted by molar-refractivity contribution is 8.00. The molecule has 0 aromatic heterocycles. The number of rotatable bonds is 8. The molecule has 0 N–H and O–H groups in total. The van der Waals surface area contributed by atoms with Crippen LogP contribution in [0, 0.1) is 11.8 Å². The van der Waals surface area contributed by atoms with E-state index in [4.69, 9.17) is 0 Å².